The number of carbonyl (C=O) groups is 2. The molecule has 2 N–H and O–H groups in total. The fourth-order valence-electron chi connectivity index (χ4n) is 3.98. The smallest absolute Gasteiger partial charge is 0.273 e. The van der Waals surface area contributed by atoms with Gasteiger partial charge >= 0.3 is 0 Å². The van der Waals surface area contributed by atoms with E-state index in [0.29, 0.717) is 30.5 Å². The topological polar surface area (TPSA) is 83.6 Å². The normalized spacial score (nSPS) is 21.4. The highest BCUT2D eigenvalue weighted by atomic mass is 32.1. The van der Waals surface area contributed by atoms with Crippen LogP contribution in [0.25, 0.3) is 0 Å². The van der Waals surface area contributed by atoms with E-state index in [4.69, 9.17) is 4.74 Å². The number of benzene rings is 1. The highest BCUT2D eigenvalue weighted by Gasteiger charge is 2.30. The molecular formula is C22H28N4O3S. The molecule has 1 aromatic heterocycles. The average Bonchev–Trinajstić information content (AvgIpc) is 3.44. The fraction of sp³-hybridized carbons (Fsp3) is 0.500. The van der Waals surface area contributed by atoms with E-state index in [1.807, 2.05) is 31.2 Å². The van der Waals surface area contributed by atoms with Gasteiger partial charge in [-0.25, -0.2) is 4.98 Å². The lowest BCUT2D eigenvalue weighted by molar-refractivity contribution is -0.126. The maximum Gasteiger partial charge on any atom is 0.273 e. The molecule has 2 unspecified atom stereocenters. The summed E-state index contributed by atoms with van der Waals surface area (Å²) in [5.41, 5.74) is 2.53. The summed E-state index contributed by atoms with van der Waals surface area (Å²) in [6.45, 7) is 4.47. The zero-order chi connectivity index (χ0) is 20.9. The van der Waals surface area contributed by atoms with Crippen LogP contribution >= 0.6 is 11.3 Å². The van der Waals surface area contributed by atoms with Crippen LogP contribution in [0.5, 0.6) is 0 Å². The number of hydrogen-bond donors (Lipinski definition) is 2. The van der Waals surface area contributed by atoms with Crippen molar-refractivity contribution in [2.24, 2.45) is 5.92 Å². The molecule has 0 radical (unpaired) electrons. The molecule has 0 saturated carbocycles. The van der Waals surface area contributed by atoms with Crippen molar-refractivity contribution in [1.82, 2.24) is 15.2 Å². The van der Waals surface area contributed by atoms with E-state index >= 15 is 0 Å². The number of thiazole rings is 1. The molecule has 0 spiro atoms. The van der Waals surface area contributed by atoms with E-state index in [9.17, 15) is 9.59 Å². The summed E-state index contributed by atoms with van der Waals surface area (Å²) in [6.07, 6.45) is 3.81. The molecule has 4 rings (SSSR count). The van der Waals surface area contributed by atoms with Crippen molar-refractivity contribution in [3.8, 4) is 0 Å². The van der Waals surface area contributed by atoms with Crippen LogP contribution in [-0.4, -0.2) is 54.0 Å². The second kappa shape index (κ2) is 9.57. The number of anilines is 2. The SMILES string of the molecule is Cc1cccc(Nc2nc(C(=O)N3CCCC(C(=O)NCC4CCCO4)C3)cs2)c1. The minimum Gasteiger partial charge on any atom is -0.376 e. The molecular weight excluding hydrogens is 400 g/mol. The molecule has 3 heterocycles. The number of aromatic nitrogens is 1. The van der Waals surface area contributed by atoms with Gasteiger partial charge in [-0.05, 0) is 50.3 Å². The fourth-order valence-corrected chi connectivity index (χ4v) is 4.68. The average molecular weight is 429 g/mol. The number of amides is 2. The molecule has 2 fully saturated rings. The molecule has 2 saturated heterocycles. The van der Waals surface area contributed by atoms with Crippen LogP contribution < -0.4 is 10.6 Å². The predicted octanol–water partition coefficient (Wildman–Crippen LogP) is 3.34. The van der Waals surface area contributed by atoms with Crippen LogP contribution in [0.3, 0.4) is 0 Å². The summed E-state index contributed by atoms with van der Waals surface area (Å²) in [6, 6.07) is 8.02. The van der Waals surface area contributed by atoms with Crippen LogP contribution in [0, 0.1) is 12.8 Å². The van der Waals surface area contributed by atoms with Crippen LogP contribution in [0.1, 0.15) is 41.7 Å². The Hall–Kier alpha value is -2.45. The van der Waals surface area contributed by atoms with E-state index in [1.165, 1.54) is 11.3 Å². The number of hydrogen-bond acceptors (Lipinski definition) is 6. The van der Waals surface area contributed by atoms with Gasteiger partial charge in [0.2, 0.25) is 5.91 Å². The van der Waals surface area contributed by atoms with Crippen molar-refractivity contribution >= 4 is 34.0 Å². The van der Waals surface area contributed by atoms with Crippen molar-refractivity contribution in [3.63, 3.8) is 0 Å². The number of carbonyl (C=O) groups excluding carboxylic acids is 2. The number of rotatable bonds is 6. The van der Waals surface area contributed by atoms with Crippen LogP contribution in [-0.2, 0) is 9.53 Å². The zero-order valence-corrected chi connectivity index (χ0v) is 18.0. The minimum absolute atomic E-state index is 0.0167. The molecule has 30 heavy (non-hydrogen) atoms. The second-order valence-corrected chi connectivity index (χ2v) is 8.86. The molecule has 2 amide bonds. The molecule has 2 atom stereocenters. The minimum atomic E-state index is -0.173. The predicted molar refractivity (Wildman–Crippen MR) is 117 cm³/mol. The number of nitrogens with zero attached hydrogens (tertiary/aromatic N) is 2. The highest BCUT2D eigenvalue weighted by Crippen LogP contribution is 2.24. The lowest BCUT2D eigenvalue weighted by atomic mass is 9.97. The highest BCUT2D eigenvalue weighted by molar-refractivity contribution is 7.14. The Labute approximate surface area is 180 Å². The molecule has 8 heteroatoms. The van der Waals surface area contributed by atoms with Gasteiger partial charge in [0.15, 0.2) is 5.13 Å². The molecule has 160 valence electrons. The van der Waals surface area contributed by atoms with Gasteiger partial charge < -0.3 is 20.3 Å². The van der Waals surface area contributed by atoms with Crippen molar-refractivity contribution in [1.29, 1.82) is 0 Å². The molecule has 0 aliphatic carbocycles. The van der Waals surface area contributed by atoms with E-state index in [0.717, 1.165) is 43.5 Å². The van der Waals surface area contributed by atoms with E-state index in [1.54, 1.807) is 10.3 Å². The third-order valence-electron chi connectivity index (χ3n) is 5.60. The molecule has 2 aromatic rings. The molecule has 7 nitrogen and oxygen atoms in total. The lowest BCUT2D eigenvalue weighted by Gasteiger charge is -2.31. The molecule has 2 aliphatic heterocycles. The Balaban J connectivity index is 1.32. The number of ether oxygens (including phenoxy) is 1. The van der Waals surface area contributed by atoms with Crippen molar-refractivity contribution in [3.05, 3.63) is 40.9 Å². The number of piperidine rings is 1. The quantitative estimate of drug-likeness (QED) is 0.737. The first-order valence-corrected chi connectivity index (χ1v) is 11.4. The standard InChI is InChI=1S/C22H28N4O3S/c1-15-5-2-7-17(11-15)24-22-25-19(14-30-22)21(28)26-9-3-6-16(13-26)20(27)23-12-18-8-4-10-29-18/h2,5,7,11,14,16,18H,3-4,6,8-10,12-13H2,1H3,(H,23,27)(H,24,25). The first-order chi connectivity index (χ1) is 14.6. The molecule has 2 aliphatic rings. The monoisotopic (exact) mass is 428 g/mol. The van der Waals surface area contributed by atoms with Gasteiger partial charge in [0.1, 0.15) is 5.69 Å². The van der Waals surface area contributed by atoms with E-state index < -0.39 is 0 Å². The third kappa shape index (κ3) is 5.17. The van der Waals surface area contributed by atoms with Gasteiger partial charge in [0.05, 0.1) is 12.0 Å². The van der Waals surface area contributed by atoms with Crippen LogP contribution in [0.15, 0.2) is 29.6 Å². The van der Waals surface area contributed by atoms with Crippen molar-refractivity contribution < 1.29 is 14.3 Å². The van der Waals surface area contributed by atoms with Gasteiger partial charge in [0.25, 0.3) is 5.91 Å². The summed E-state index contributed by atoms with van der Waals surface area (Å²) < 4.78 is 5.57. The largest absolute Gasteiger partial charge is 0.376 e. The van der Waals surface area contributed by atoms with E-state index in [-0.39, 0.29) is 23.8 Å². The number of aryl methyl sites for hydroxylation is 1. The second-order valence-electron chi connectivity index (χ2n) is 8.00. The first-order valence-electron chi connectivity index (χ1n) is 10.6. The van der Waals surface area contributed by atoms with Gasteiger partial charge in [0, 0.05) is 37.3 Å². The first kappa shape index (κ1) is 20.8. The van der Waals surface area contributed by atoms with Crippen LogP contribution in [0.2, 0.25) is 0 Å². The van der Waals surface area contributed by atoms with Gasteiger partial charge in [-0.2, -0.15) is 0 Å². The van der Waals surface area contributed by atoms with Gasteiger partial charge in [-0.15, -0.1) is 11.3 Å². The molecule has 1 aromatic carbocycles. The van der Waals surface area contributed by atoms with Crippen LogP contribution in [0.4, 0.5) is 10.8 Å². The number of nitrogens with one attached hydrogen (secondary N) is 2. The summed E-state index contributed by atoms with van der Waals surface area (Å²) in [7, 11) is 0. The van der Waals surface area contributed by atoms with Gasteiger partial charge in [-0.1, -0.05) is 12.1 Å². The zero-order valence-electron chi connectivity index (χ0n) is 17.2. The van der Waals surface area contributed by atoms with E-state index in [2.05, 4.69) is 15.6 Å². The maximum atomic E-state index is 12.9. The molecule has 0 bridgehead atoms. The maximum absolute atomic E-state index is 12.9. The van der Waals surface area contributed by atoms with Crippen molar-refractivity contribution in [2.45, 2.75) is 38.7 Å². The Bertz CT molecular complexity index is 894. The Morgan fingerprint density at radius 3 is 3.00 bits per heavy atom. The van der Waals surface area contributed by atoms with Gasteiger partial charge in [-0.3, -0.25) is 9.59 Å². The van der Waals surface area contributed by atoms with Crippen molar-refractivity contribution in [2.75, 3.05) is 31.6 Å². The Morgan fingerprint density at radius 2 is 2.20 bits per heavy atom. The summed E-state index contributed by atoms with van der Waals surface area (Å²) >= 11 is 1.41. The lowest BCUT2D eigenvalue weighted by Crippen LogP contribution is -2.46. The Kier molecular flexibility index (Phi) is 6.64. The number of likely N-dealkylation sites (tertiary alicyclic amines) is 1. The Morgan fingerprint density at radius 1 is 1.30 bits per heavy atom. The summed E-state index contributed by atoms with van der Waals surface area (Å²) in [5, 5.41) is 8.72. The third-order valence-corrected chi connectivity index (χ3v) is 6.36. The summed E-state index contributed by atoms with van der Waals surface area (Å²) in [5.74, 6) is -0.268. The summed E-state index contributed by atoms with van der Waals surface area (Å²) in [4.78, 5) is 31.7.